The number of aromatic nitrogens is 10. The fourth-order valence-electron chi connectivity index (χ4n) is 16.3. The van der Waals surface area contributed by atoms with Crippen molar-refractivity contribution in [3.8, 4) is 67.8 Å². The fraction of sp³-hybridized carbons (Fsp3) is 0.263. The van der Waals surface area contributed by atoms with Gasteiger partial charge in [-0.2, -0.15) is 39.5 Å². The van der Waals surface area contributed by atoms with Gasteiger partial charge in [0.1, 0.15) is 63.0 Å². The molecule has 15 aromatic rings. The molecule has 718 valence electrons. The first-order valence-electron chi connectivity index (χ1n) is 43.3. The van der Waals surface area contributed by atoms with Crippen molar-refractivity contribution >= 4 is 56.7 Å². The van der Waals surface area contributed by atoms with Crippen molar-refractivity contribution < 1.29 is 79.7 Å². The number of hydrogen-bond donors (Lipinski definition) is 5. The molecule has 10 aromatic heterocycles. The average Bonchev–Trinajstić information content (AvgIpc) is 0.748. The summed E-state index contributed by atoms with van der Waals surface area (Å²) >= 11 is 0. The molecular formula is C95H84F16N20O7. The van der Waals surface area contributed by atoms with E-state index in [9.17, 15) is 94.2 Å². The maximum absolute atomic E-state index is 13.7. The molecule has 138 heavy (non-hydrogen) atoms. The summed E-state index contributed by atoms with van der Waals surface area (Å²) in [5.41, 5.74) is 2.39. The lowest BCUT2D eigenvalue weighted by molar-refractivity contribution is -0.274. The molecule has 43 heteroatoms. The van der Waals surface area contributed by atoms with Crippen LogP contribution in [0.4, 0.5) is 98.7 Å². The quantitative estimate of drug-likeness (QED) is 0.0712. The summed E-state index contributed by atoms with van der Waals surface area (Å²) in [6, 6.07) is 40.8. The molecule has 5 N–H and O–H groups in total. The second-order valence-electron chi connectivity index (χ2n) is 32.2. The van der Waals surface area contributed by atoms with E-state index in [0.717, 1.165) is 214 Å². The SMILES string of the molecule is COc1c(-c2cc(=O)n3cc(N4CCNCC4)ccc3n2)cccc1C(F)(F)F.O=c1cc(-c2cc(F)cc(C(F)(F)F)c2)nc2ccc(N3CCNCC3)cn12.O=c1cc(-c2cc(F)cc(F)c2)nc2ccc(N3CCNCC3)cn12.O=c1cc(-c2ccc(F)c(C(F)(F)F)c2)nc2ccc(N3CCNCC3)cn12.O=c1cc(-c2cccc(OC(F)(F)F)c2)nc2ccc(N3CCNCC3)cn12. The molecule has 5 fully saturated rings. The van der Waals surface area contributed by atoms with Gasteiger partial charge in [0.25, 0.3) is 27.8 Å². The van der Waals surface area contributed by atoms with Crippen LogP contribution in [-0.2, 0) is 18.5 Å². The molecule has 5 saturated heterocycles. The number of nitrogens with one attached hydrogen (secondary N) is 5. The molecule has 5 aliphatic rings. The van der Waals surface area contributed by atoms with Crippen molar-refractivity contribution in [3.05, 3.63) is 311 Å². The van der Waals surface area contributed by atoms with Crippen LogP contribution < -0.4 is 88.4 Å². The standard InChI is InChI=1S/C20H19F3N4O2.2C19H16F4N4O.C19H17F3N4O2.C18H16F2N4O/c1-29-19-14(3-2-4-15(19)20(21,22)23)16-11-18(28)27-12-13(5-6-17(27)25-16)26-9-7-24-8-10-26;20-15-3-1-12(9-14(15)19(21,22)23)16-10-18(28)27-11-13(2-4-17(27)25-16)26-7-5-24-6-8-26;20-14-8-12(7-13(9-14)19(21,22)23)16-10-18(28)27-11-15(1-2-17(27)25-16)26-5-3-24-4-6-26;20-19(21,22)28-15-3-1-2-13(10-15)16-11-18(27)26-12-14(4-5-17(26)24-16)25-8-6-23-7-9-25;19-13-7-12(8-14(20)9-13)16-10-18(25)24-11-15(1-2-17(24)22-16)23-5-3-21-4-6-23/h2-6,11-12,24H,7-10H2,1H3;1-4,9-11,24H,5-8H2;1-2,7-11,24H,3-6H2;1-5,10-12,23H,6-9H2;1-2,7-11,21H,3-6H2. The summed E-state index contributed by atoms with van der Waals surface area (Å²) in [5, 5.41) is 16.3. The Balaban J connectivity index is 0.000000125. The van der Waals surface area contributed by atoms with E-state index in [2.05, 4.69) is 80.7 Å². The molecule has 0 atom stereocenters. The van der Waals surface area contributed by atoms with Crippen LogP contribution >= 0.6 is 0 Å². The number of halogens is 16. The first kappa shape index (κ1) is 96.3. The topological polar surface area (TPSA) is 267 Å². The highest BCUT2D eigenvalue weighted by atomic mass is 19.4. The Morgan fingerprint density at radius 3 is 0.942 bits per heavy atom. The molecule has 0 saturated carbocycles. The fourth-order valence-corrected chi connectivity index (χ4v) is 16.3. The van der Waals surface area contributed by atoms with Crippen molar-refractivity contribution in [3.63, 3.8) is 0 Å². The molecular weight excluding hydrogens is 1840 g/mol. The number of piperazine rings is 5. The first-order chi connectivity index (χ1) is 66.0. The highest BCUT2D eigenvalue weighted by Gasteiger charge is 2.38. The number of para-hydroxylation sites is 1. The Labute approximate surface area is 772 Å². The second-order valence-corrected chi connectivity index (χ2v) is 32.2. The highest BCUT2D eigenvalue weighted by Crippen LogP contribution is 2.42. The third-order valence-electron chi connectivity index (χ3n) is 23.0. The summed E-state index contributed by atoms with van der Waals surface area (Å²) in [6.07, 6.45) is -10.3. The van der Waals surface area contributed by atoms with Crippen LogP contribution in [-0.4, -0.2) is 191 Å². The van der Waals surface area contributed by atoms with E-state index in [1.54, 1.807) is 67.4 Å². The maximum atomic E-state index is 13.7. The monoisotopic (exact) mass is 1920 g/mol. The number of ether oxygens (including phenoxy) is 2. The largest absolute Gasteiger partial charge is 0.573 e. The van der Waals surface area contributed by atoms with Gasteiger partial charge in [-0.3, -0.25) is 46.0 Å². The van der Waals surface area contributed by atoms with Gasteiger partial charge in [0.15, 0.2) is 0 Å². The van der Waals surface area contributed by atoms with Crippen molar-refractivity contribution in [2.24, 2.45) is 0 Å². The minimum atomic E-state index is -4.83. The Hall–Kier alpha value is -14.8. The average molecular weight is 1920 g/mol. The number of alkyl halides is 12. The molecule has 0 amide bonds. The number of anilines is 5. The summed E-state index contributed by atoms with van der Waals surface area (Å²) in [6.45, 7) is 16.9. The van der Waals surface area contributed by atoms with E-state index in [-0.39, 0.29) is 84.5 Å². The number of benzene rings is 5. The number of fused-ring (bicyclic) bond motifs is 5. The van der Waals surface area contributed by atoms with Crippen molar-refractivity contribution in [1.29, 1.82) is 0 Å². The van der Waals surface area contributed by atoms with Crippen LogP contribution in [0.2, 0.25) is 0 Å². The molecule has 0 bridgehead atoms. The van der Waals surface area contributed by atoms with Gasteiger partial charge in [0.2, 0.25) is 0 Å². The van der Waals surface area contributed by atoms with E-state index in [1.165, 1.54) is 83.7 Å². The molecule has 5 aliphatic heterocycles. The molecule has 20 rings (SSSR count). The summed E-state index contributed by atoms with van der Waals surface area (Å²) in [4.78, 5) is 95.4. The van der Waals surface area contributed by atoms with Gasteiger partial charge >= 0.3 is 24.9 Å². The second kappa shape index (κ2) is 41.0. The normalized spacial score (nSPS) is 15.1. The van der Waals surface area contributed by atoms with Gasteiger partial charge in [0, 0.05) is 226 Å². The summed E-state index contributed by atoms with van der Waals surface area (Å²) < 4.78 is 225. The Morgan fingerprint density at radius 1 is 0.297 bits per heavy atom. The molecule has 0 aliphatic carbocycles. The minimum absolute atomic E-state index is 0.00933. The van der Waals surface area contributed by atoms with Crippen LogP contribution in [0.25, 0.3) is 84.5 Å². The lowest BCUT2D eigenvalue weighted by Gasteiger charge is -2.29. The highest BCUT2D eigenvalue weighted by molar-refractivity contribution is 5.73. The van der Waals surface area contributed by atoms with Crippen LogP contribution in [0, 0.1) is 23.3 Å². The zero-order valence-electron chi connectivity index (χ0n) is 73.0. The number of rotatable bonds is 12. The zero-order chi connectivity index (χ0) is 97.5. The molecule has 5 aromatic carbocycles. The van der Waals surface area contributed by atoms with Gasteiger partial charge in [-0.1, -0.05) is 18.2 Å². The molecule has 0 radical (unpaired) electrons. The maximum Gasteiger partial charge on any atom is 0.573 e. The summed E-state index contributed by atoms with van der Waals surface area (Å²) in [7, 11) is 1.17. The Kier molecular flexibility index (Phi) is 28.6. The van der Waals surface area contributed by atoms with Crippen molar-refractivity contribution in [1.82, 2.24) is 73.5 Å². The lowest BCUT2D eigenvalue weighted by atomic mass is 10.1. The van der Waals surface area contributed by atoms with Crippen molar-refractivity contribution in [2.75, 3.05) is 163 Å². The lowest BCUT2D eigenvalue weighted by Crippen LogP contribution is -2.43. The molecule has 0 spiro atoms. The predicted molar refractivity (Wildman–Crippen MR) is 488 cm³/mol. The van der Waals surface area contributed by atoms with Gasteiger partial charge < -0.3 is 60.6 Å². The van der Waals surface area contributed by atoms with Gasteiger partial charge in [0.05, 0.1) is 80.7 Å². The van der Waals surface area contributed by atoms with Crippen LogP contribution in [0.15, 0.2) is 243 Å². The smallest absolute Gasteiger partial charge is 0.495 e. The van der Waals surface area contributed by atoms with E-state index in [4.69, 9.17) is 4.74 Å². The van der Waals surface area contributed by atoms with Gasteiger partial charge in [-0.15, -0.1) is 13.2 Å². The number of hydrogen-bond acceptors (Lipinski definition) is 22. The van der Waals surface area contributed by atoms with E-state index < -0.39 is 76.0 Å². The van der Waals surface area contributed by atoms with E-state index in [1.807, 2.05) is 30.3 Å². The number of methoxy groups -OCH3 is 1. The van der Waals surface area contributed by atoms with Crippen LogP contribution in [0.5, 0.6) is 11.5 Å². The Bertz CT molecular complexity index is 7310. The molecule has 0 unspecified atom stereocenters. The van der Waals surface area contributed by atoms with Crippen LogP contribution in [0.1, 0.15) is 16.7 Å². The van der Waals surface area contributed by atoms with Gasteiger partial charge in [-0.25, -0.2) is 42.5 Å². The molecule has 27 nitrogen and oxygen atoms in total. The number of nitrogens with zero attached hydrogens (tertiary/aromatic N) is 15. The first-order valence-corrected chi connectivity index (χ1v) is 43.3. The van der Waals surface area contributed by atoms with Crippen molar-refractivity contribution in [2.45, 2.75) is 24.9 Å². The molecule has 15 heterocycles. The van der Waals surface area contributed by atoms with Crippen LogP contribution in [0.3, 0.4) is 0 Å². The number of pyridine rings is 5. The predicted octanol–water partition coefficient (Wildman–Crippen LogP) is 13.4. The van der Waals surface area contributed by atoms with E-state index >= 15 is 0 Å². The third-order valence-corrected chi connectivity index (χ3v) is 23.0. The van der Waals surface area contributed by atoms with Gasteiger partial charge in [-0.05, 0) is 133 Å². The Morgan fingerprint density at radius 2 is 0.609 bits per heavy atom. The van der Waals surface area contributed by atoms with E-state index in [0.29, 0.717) is 40.3 Å². The summed E-state index contributed by atoms with van der Waals surface area (Å²) in [5.74, 6) is -4.53. The third kappa shape index (κ3) is 22.9. The minimum Gasteiger partial charge on any atom is -0.495 e. The zero-order valence-corrected chi connectivity index (χ0v) is 73.0.